The van der Waals surface area contributed by atoms with E-state index in [0.717, 1.165) is 36.3 Å². The molecule has 0 spiro atoms. The molecule has 0 aliphatic heterocycles. The van der Waals surface area contributed by atoms with Gasteiger partial charge in [-0.3, -0.25) is 0 Å². The van der Waals surface area contributed by atoms with Crippen molar-refractivity contribution >= 4 is 15.8 Å². The first-order valence-corrected chi connectivity index (χ1v) is 7.58. The first-order valence-electron chi connectivity index (χ1n) is 5.97. The van der Waals surface area contributed by atoms with E-state index in [0.29, 0.717) is 6.54 Å². The zero-order chi connectivity index (χ0) is 13.2. The normalized spacial score (nSPS) is 14.8. The number of fused-ring (bicyclic) bond motifs is 1. The molecule has 0 radical (unpaired) electrons. The molecule has 18 heavy (non-hydrogen) atoms. The fourth-order valence-corrected chi connectivity index (χ4v) is 2.72. The van der Waals surface area contributed by atoms with E-state index in [-0.39, 0.29) is 5.75 Å². The summed E-state index contributed by atoms with van der Waals surface area (Å²) in [6, 6.07) is 0. The van der Waals surface area contributed by atoms with Crippen LogP contribution in [-0.2, 0) is 22.9 Å². The predicted octanol–water partition coefficient (Wildman–Crippen LogP) is 0.269. The second-order valence-corrected chi connectivity index (χ2v) is 6.83. The zero-order valence-electron chi connectivity index (χ0n) is 10.7. The summed E-state index contributed by atoms with van der Waals surface area (Å²) >= 11 is 0. The molecule has 100 valence electrons. The van der Waals surface area contributed by atoms with E-state index in [9.17, 15) is 8.42 Å². The number of nitrogens with one attached hydrogen (secondary N) is 1. The Hall–Kier alpha value is -1.21. The number of rotatable bonds is 5. The molecule has 1 N–H and O–H groups in total. The van der Waals surface area contributed by atoms with Gasteiger partial charge in [-0.25, -0.2) is 22.7 Å². The molecule has 0 saturated heterocycles. The average molecular weight is 270 g/mol. The molecular weight excluding hydrogens is 252 g/mol. The number of hydrogen-bond donors (Lipinski definition) is 1. The second kappa shape index (κ2) is 5.19. The highest BCUT2D eigenvalue weighted by molar-refractivity contribution is 7.89. The monoisotopic (exact) mass is 270 g/mol. The number of aromatic nitrogens is 2. The predicted molar refractivity (Wildman–Crippen MR) is 70.0 cm³/mol. The van der Waals surface area contributed by atoms with Gasteiger partial charge in [0.15, 0.2) is 0 Å². The first-order chi connectivity index (χ1) is 8.50. The van der Waals surface area contributed by atoms with Crippen molar-refractivity contribution in [2.45, 2.75) is 19.3 Å². The quantitative estimate of drug-likeness (QED) is 0.831. The van der Waals surface area contributed by atoms with Gasteiger partial charge >= 0.3 is 0 Å². The largest absolute Gasteiger partial charge is 0.369 e. The maximum atomic E-state index is 11.6. The lowest BCUT2D eigenvalue weighted by molar-refractivity contribution is 0.521. The van der Waals surface area contributed by atoms with Crippen LogP contribution in [0.15, 0.2) is 6.33 Å². The molecule has 0 bridgehead atoms. The minimum Gasteiger partial charge on any atom is -0.369 e. The molecule has 0 unspecified atom stereocenters. The number of aryl methyl sites for hydroxylation is 1. The van der Waals surface area contributed by atoms with Gasteiger partial charge in [0, 0.05) is 31.9 Å². The fraction of sp³-hybridized carbons (Fsp3) is 0.636. The molecule has 1 aliphatic carbocycles. The zero-order valence-corrected chi connectivity index (χ0v) is 11.5. The van der Waals surface area contributed by atoms with Gasteiger partial charge in [-0.2, -0.15) is 0 Å². The third kappa shape index (κ3) is 2.78. The summed E-state index contributed by atoms with van der Waals surface area (Å²) in [6.07, 6.45) is 4.59. The van der Waals surface area contributed by atoms with Crippen LogP contribution in [0.5, 0.6) is 0 Å². The van der Waals surface area contributed by atoms with Crippen LogP contribution in [0, 0.1) is 0 Å². The smallest absolute Gasteiger partial charge is 0.215 e. The molecule has 2 rings (SSSR count). The Kier molecular flexibility index (Phi) is 3.82. The van der Waals surface area contributed by atoms with Gasteiger partial charge in [0.2, 0.25) is 10.0 Å². The minimum atomic E-state index is -3.15. The highest BCUT2D eigenvalue weighted by atomic mass is 32.2. The van der Waals surface area contributed by atoms with Crippen LogP contribution in [0.4, 0.5) is 5.82 Å². The Morgan fingerprint density at radius 1 is 1.33 bits per heavy atom. The van der Waals surface area contributed by atoms with Crippen LogP contribution in [0.25, 0.3) is 0 Å². The van der Waals surface area contributed by atoms with E-state index in [4.69, 9.17) is 0 Å². The highest BCUT2D eigenvalue weighted by Gasteiger charge is 2.18. The molecule has 0 fully saturated rings. The van der Waals surface area contributed by atoms with Crippen LogP contribution >= 0.6 is 0 Å². The Morgan fingerprint density at radius 3 is 2.83 bits per heavy atom. The lowest BCUT2D eigenvalue weighted by atomic mass is 10.2. The van der Waals surface area contributed by atoms with Crippen molar-refractivity contribution < 1.29 is 8.42 Å². The van der Waals surface area contributed by atoms with Crippen LogP contribution in [0.3, 0.4) is 0 Å². The van der Waals surface area contributed by atoms with Crippen molar-refractivity contribution in [3.05, 3.63) is 17.6 Å². The van der Waals surface area contributed by atoms with Crippen molar-refractivity contribution in [3.63, 3.8) is 0 Å². The van der Waals surface area contributed by atoms with Gasteiger partial charge in [-0.15, -0.1) is 0 Å². The fourth-order valence-electron chi connectivity index (χ4n) is 1.99. The van der Waals surface area contributed by atoms with Gasteiger partial charge in [0.25, 0.3) is 0 Å². The Morgan fingerprint density at radius 2 is 2.11 bits per heavy atom. The van der Waals surface area contributed by atoms with E-state index < -0.39 is 10.0 Å². The SMILES string of the molecule is CN(C)S(=O)(=O)CCNc1ncnc2c1CCC2. The van der Waals surface area contributed by atoms with Crippen LogP contribution < -0.4 is 5.32 Å². The van der Waals surface area contributed by atoms with Crippen molar-refractivity contribution in [3.8, 4) is 0 Å². The van der Waals surface area contributed by atoms with E-state index in [1.54, 1.807) is 0 Å². The molecule has 6 nitrogen and oxygen atoms in total. The Labute approximate surface area is 107 Å². The third-order valence-corrected chi connectivity index (χ3v) is 4.92. The summed E-state index contributed by atoms with van der Waals surface area (Å²) in [6.45, 7) is 0.365. The Balaban J connectivity index is 1.98. The van der Waals surface area contributed by atoms with Crippen LogP contribution in [0.1, 0.15) is 17.7 Å². The van der Waals surface area contributed by atoms with Gasteiger partial charge in [0.05, 0.1) is 5.75 Å². The van der Waals surface area contributed by atoms with E-state index >= 15 is 0 Å². The number of sulfonamides is 1. The maximum absolute atomic E-state index is 11.6. The molecule has 1 aromatic heterocycles. The van der Waals surface area contributed by atoms with Crippen LogP contribution in [-0.4, -0.2) is 49.1 Å². The lowest BCUT2D eigenvalue weighted by Gasteiger charge is -2.13. The number of anilines is 1. The summed E-state index contributed by atoms with van der Waals surface area (Å²) in [5, 5.41) is 3.10. The maximum Gasteiger partial charge on any atom is 0.215 e. The van der Waals surface area contributed by atoms with Crippen molar-refractivity contribution in [2.75, 3.05) is 31.7 Å². The van der Waals surface area contributed by atoms with Crippen LogP contribution in [0.2, 0.25) is 0 Å². The molecule has 7 heteroatoms. The number of hydrogen-bond acceptors (Lipinski definition) is 5. The van der Waals surface area contributed by atoms with E-state index in [1.165, 1.54) is 24.7 Å². The summed E-state index contributed by atoms with van der Waals surface area (Å²) in [5.74, 6) is 0.852. The first kappa shape index (κ1) is 13.2. The standard InChI is InChI=1S/C11H18N4O2S/c1-15(2)18(16,17)7-6-12-11-9-4-3-5-10(9)13-8-14-11/h8H,3-7H2,1-2H3,(H,12,13,14). The summed E-state index contributed by atoms with van der Waals surface area (Å²) < 4.78 is 24.5. The van der Waals surface area contributed by atoms with E-state index in [2.05, 4.69) is 15.3 Å². The summed E-state index contributed by atoms with van der Waals surface area (Å²) in [5.41, 5.74) is 2.22. The molecule has 1 heterocycles. The molecule has 0 saturated carbocycles. The third-order valence-electron chi connectivity index (χ3n) is 3.08. The number of nitrogens with zero attached hydrogens (tertiary/aromatic N) is 3. The van der Waals surface area contributed by atoms with Gasteiger partial charge in [0.1, 0.15) is 12.1 Å². The van der Waals surface area contributed by atoms with Crippen molar-refractivity contribution in [1.82, 2.24) is 14.3 Å². The van der Waals surface area contributed by atoms with Gasteiger partial charge in [-0.05, 0) is 19.3 Å². The van der Waals surface area contributed by atoms with Gasteiger partial charge in [-0.1, -0.05) is 0 Å². The molecule has 1 aromatic rings. The Bertz CT molecular complexity index is 528. The molecule has 1 aliphatic rings. The summed E-state index contributed by atoms with van der Waals surface area (Å²) in [4.78, 5) is 8.41. The average Bonchev–Trinajstić information content (AvgIpc) is 2.77. The topological polar surface area (TPSA) is 75.2 Å². The van der Waals surface area contributed by atoms with Crippen molar-refractivity contribution in [1.29, 1.82) is 0 Å². The van der Waals surface area contributed by atoms with E-state index in [1.807, 2.05) is 0 Å². The lowest BCUT2D eigenvalue weighted by Crippen LogP contribution is -2.28. The molecule has 0 amide bonds. The molecule has 0 aromatic carbocycles. The highest BCUT2D eigenvalue weighted by Crippen LogP contribution is 2.24. The van der Waals surface area contributed by atoms with Crippen molar-refractivity contribution in [2.24, 2.45) is 0 Å². The molecule has 0 atom stereocenters. The molecular formula is C11H18N4O2S. The minimum absolute atomic E-state index is 0.0682. The summed E-state index contributed by atoms with van der Waals surface area (Å²) in [7, 11) is -0.0762. The van der Waals surface area contributed by atoms with Gasteiger partial charge < -0.3 is 5.32 Å². The second-order valence-electron chi connectivity index (χ2n) is 4.53.